The van der Waals surface area contributed by atoms with Gasteiger partial charge < -0.3 is 5.32 Å². The average Bonchev–Trinajstić information content (AvgIpc) is 2.36. The van der Waals surface area contributed by atoms with Gasteiger partial charge in [-0.3, -0.25) is 0 Å². The van der Waals surface area contributed by atoms with Crippen LogP contribution in [-0.2, 0) is 5.41 Å². The van der Waals surface area contributed by atoms with E-state index < -0.39 is 0 Å². The van der Waals surface area contributed by atoms with Crippen LogP contribution in [0.15, 0.2) is 24.3 Å². The third-order valence-electron chi connectivity index (χ3n) is 5.35. The highest BCUT2D eigenvalue weighted by Gasteiger charge is 2.49. The minimum absolute atomic E-state index is 0.250. The topological polar surface area (TPSA) is 12.0 Å². The molecule has 0 spiro atoms. The fraction of sp³-hybridized carbons (Fsp3) is 0.667. The summed E-state index contributed by atoms with van der Waals surface area (Å²) in [4.78, 5) is 0. The second-order valence-corrected chi connectivity index (χ2v) is 7.36. The minimum Gasteiger partial charge on any atom is -0.316 e. The van der Waals surface area contributed by atoms with Crippen LogP contribution in [0.1, 0.15) is 64.5 Å². The van der Waals surface area contributed by atoms with Crippen molar-refractivity contribution in [1.29, 1.82) is 0 Å². The third-order valence-corrected chi connectivity index (χ3v) is 5.35. The standard InChI is InChI=1S/C18H29N/c1-7-18(5)15(12-16(18)19-6)13-8-10-14(11-9-13)17(2,3)4/h8-11,15-16,19H,7,12H2,1-6H3. The van der Waals surface area contributed by atoms with Crippen molar-refractivity contribution < 1.29 is 0 Å². The molecule has 2 rings (SSSR count). The van der Waals surface area contributed by atoms with Gasteiger partial charge >= 0.3 is 0 Å². The van der Waals surface area contributed by atoms with E-state index in [0.29, 0.717) is 17.4 Å². The van der Waals surface area contributed by atoms with Gasteiger partial charge in [-0.1, -0.05) is 58.9 Å². The van der Waals surface area contributed by atoms with Crippen LogP contribution in [0, 0.1) is 5.41 Å². The number of benzene rings is 1. The Balaban J connectivity index is 2.20. The molecule has 0 aromatic heterocycles. The highest BCUT2D eigenvalue weighted by molar-refractivity contribution is 5.33. The molecule has 0 radical (unpaired) electrons. The van der Waals surface area contributed by atoms with Crippen LogP contribution >= 0.6 is 0 Å². The highest BCUT2D eigenvalue weighted by Crippen LogP contribution is 2.54. The molecule has 0 bridgehead atoms. The van der Waals surface area contributed by atoms with Crippen molar-refractivity contribution in [2.24, 2.45) is 5.41 Å². The summed E-state index contributed by atoms with van der Waals surface area (Å²) in [5, 5.41) is 3.48. The van der Waals surface area contributed by atoms with Crippen LogP contribution in [0.3, 0.4) is 0 Å². The molecule has 1 nitrogen and oxygen atoms in total. The zero-order valence-electron chi connectivity index (χ0n) is 13.4. The molecule has 3 atom stereocenters. The maximum Gasteiger partial charge on any atom is 0.0130 e. The Bertz CT molecular complexity index is 426. The second kappa shape index (κ2) is 4.94. The van der Waals surface area contributed by atoms with Crippen molar-refractivity contribution in [2.45, 2.75) is 64.8 Å². The van der Waals surface area contributed by atoms with Gasteiger partial charge in [0.05, 0.1) is 0 Å². The maximum absolute atomic E-state index is 3.48. The van der Waals surface area contributed by atoms with Gasteiger partial charge in [0.2, 0.25) is 0 Å². The maximum atomic E-state index is 3.48. The summed E-state index contributed by atoms with van der Waals surface area (Å²) in [5.41, 5.74) is 3.61. The Morgan fingerprint density at radius 2 is 1.79 bits per heavy atom. The predicted octanol–water partition coefficient (Wildman–Crippen LogP) is 4.48. The van der Waals surface area contributed by atoms with Gasteiger partial charge in [-0.05, 0) is 47.8 Å². The SMILES string of the molecule is CCC1(C)C(NC)CC1c1ccc(C(C)(C)C)cc1. The van der Waals surface area contributed by atoms with Crippen LogP contribution in [0.5, 0.6) is 0 Å². The molecule has 1 aliphatic rings. The molecule has 1 N–H and O–H groups in total. The molecule has 1 aromatic carbocycles. The lowest BCUT2D eigenvalue weighted by atomic mass is 9.54. The molecular formula is C18H29N. The van der Waals surface area contributed by atoms with E-state index >= 15 is 0 Å². The van der Waals surface area contributed by atoms with Crippen molar-refractivity contribution >= 4 is 0 Å². The Labute approximate surface area is 118 Å². The smallest absolute Gasteiger partial charge is 0.0130 e. The molecule has 1 aromatic rings. The number of hydrogen-bond acceptors (Lipinski definition) is 1. The van der Waals surface area contributed by atoms with E-state index in [1.807, 2.05) is 0 Å². The molecule has 1 heteroatoms. The fourth-order valence-electron chi connectivity index (χ4n) is 3.53. The normalized spacial score (nSPS) is 31.1. The number of rotatable bonds is 3. The molecule has 19 heavy (non-hydrogen) atoms. The van der Waals surface area contributed by atoms with Crippen LogP contribution in [0.4, 0.5) is 0 Å². The Morgan fingerprint density at radius 1 is 1.21 bits per heavy atom. The van der Waals surface area contributed by atoms with E-state index in [4.69, 9.17) is 0 Å². The molecule has 1 aliphatic carbocycles. The van der Waals surface area contributed by atoms with Crippen molar-refractivity contribution in [3.8, 4) is 0 Å². The molecule has 3 unspecified atom stereocenters. The predicted molar refractivity (Wildman–Crippen MR) is 83.7 cm³/mol. The van der Waals surface area contributed by atoms with E-state index in [9.17, 15) is 0 Å². The monoisotopic (exact) mass is 259 g/mol. The third kappa shape index (κ3) is 2.45. The zero-order chi connectivity index (χ0) is 14.3. The molecule has 0 amide bonds. The molecule has 1 fully saturated rings. The molecule has 0 saturated heterocycles. The molecule has 1 saturated carbocycles. The first-order valence-electron chi connectivity index (χ1n) is 7.60. The van der Waals surface area contributed by atoms with E-state index in [2.05, 4.69) is 71.2 Å². The van der Waals surface area contributed by atoms with Crippen molar-refractivity contribution in [2.75, 3.05) is 7.05 Å². The first-order valence-corrected chi connectivity index (χ1v) is 7.60. The van der Waals surface area contributed by atoms with Gasteiger partial charge in [0.1, 0.15) is 0 Å². The summed E-state index contributed by atoms with van der Waals surface area (Å²) in [6, 6.07) is 10.0. The minimum atomic E-state index is 0.250. The van der Waals surface area contributed by atoms with Crippen LogP contribution < -0.4 is 5.32 Å². The van der Waals surface area contributed by atoms with Gasteiger partial charge in [0.15, 0.2) is 0 Å². The summed E-state index contributed by atoms with van der Waals surface area (Å²) in [7, 11) is 2.09. The lowest BCUT2D eigenvalue weighted by Gasteiger charge is -2.54. The summed E-state index contributed by atoms with van der Waals surface area (Å²) in [6.45, 7) is 11.6. The van der Waals surface area contributed by atoms with Crippen LogP contribution in [0.25, 0.3) is 0 Å². The van der Waals surface area contributed by atoms with Gasteiger partial charge in [0.25, 0.3) is 0 Å². The summed E-state index contributed by atoms with van der Waals surface area (Å²) in [5.74, 6) is 0.712. The molecule has 106 valence electrons. The number of hydrogen-bond donors (Lipinski definition) is 1. The summed E-state index contributed by atoms with van der Waals surface area (Å²) >= 11 is 0. The second-order valence-electron chi connectivity index (χ2n) is 7.36. The van der Waals surface area contributed by atoms with Gasteiger partial charge in [-0.15, -0.1) is 0 Å². The summed E-state index contributed by atoms with van der Waals surface area (Å²) in [6.07, 6.45) is 2.51. The molecule has 0 aliphatic heterocycles. The van der Waals surface area contributed by atoms with Crippen LogP contribution in [-0.4, -0.2) is 13.1 Å². The Morgan fingerprint density at radius 3 is 2.21 bits per heavy atom. The molecule has 0 heterocycles. The lowest BCUT2D eigenvalue weighted by molar-refractivity contribution is 0.0495. The van der Waals surface area contributed by atoms with Gasteiger partial charge in [-0.2, -0.15) is 0 Å². The van der Waals surface area contributed by atoms with E-state index in [1.165, 1.54) is 24.0 Å². The lowest BCUT2D eigenvalue weighted by Crippen LogP contribution is -2.55. The quantitative estimate of drug-likeness (QED) is 0.844. The summed E-state index contributed by atoms with van der Waals surface area (Å²) < 4.78 is 0. The van der Waals surface area contributed by atoms with Gasteiger partial charge in [-0.25, -0.2) is 0 Å². The van der Waals surface area contributed by atoms with Crippen molar-refractivity contribution in [3.05, 3.63) is 35.4 Å². The Hall–Kier alpha value is -0.820. The first-order chi connectivity index (χ1) is 8.82. The highest BCUT2D eigenvalue weighted by atomic mass is 14.9. The zero-order valence-corrected chi connectivity index (χ0v) is 13.4. The van der Waals surface area contributed by atoms with Crippen LogP contribution in [0.2, 0.25) is 0 Å². The largest absolute Gasteiger partial charge is 0.316 e. The van der Waals surface area contributed by atoms with E-state index in [1.54, 1.807) is 0 Å². The fourth-order valence-corrected chi connectivity index (χ4v) is 3.53. The molecular weight excluding hydrogens is 230 g/mol. The number of nitrogens with one attached hydrogen (secondary N) is 1. The Kier molecular flexibility index (Phi) is 3.79. The van der Waals surface area contributed by atoms with Crippen molar-refractivity contribution in [1.82, 2.24) is 5.32 Å². The van der Waals surface area contributed by atoms with E-state index in [-0.39, 0.29) is 5.41 Å². The van der Waals surface area contributed by atoms with Crippen molar-refractivity contribution in [3.63, 3.8) is 0 Å². The average molecular weight is 259 g/mol. The van der Waals surface area contributed by atoms with Gasteiger partial charge in [0, 0.05) is 6.04 Å². The first kappa shape index (κ1) is 14.6. The van der Waals surface area contributed by atoms with E-state index in [0.717, 1.165) is 0 Å².